The fraction of sp³-hybridized carbons (Fsp3) is 0.520. The number of amides is 1. The van der Waals surface area contributed by atoms with Crippen molar-refractivity contribution < 1.29 is 14.3 Å². The molecule has 4 rings (SSSR count). The summed E-state index contributed by atoms with van der Waals surface area (Å²) in [6.45, 7) is 8.83. The van der Waals surface area contributed by atoms with E-state index in [1.54, 1.807) is 6.20 Å². The lowest BCUT2D eigenvalue weighted by Crippen LogP contribution is -2.27. The maximum absolute atomic E-state index is 13.3. The predicted molar refractivity (Wildman–Crippen MR) is 124 cm³/mol. The highest BCUT2D eigenvalue weighted by molar-refractivity contribution is 5.98. The summed E-state index contributed by atoms with van der Waals surface area (Å²) in [6, 6.07) is 4.05. The Labute approximate surface area is 189 Å². The summed E-state index contributed by atoms with van der Waals surface area (Å²) in [5.41, 5.74) is 3.85. The fourth-order valence-corrected chi connectivity index (χ4v) is 4.80. The van der Waals surface area contributed by atoms with E-state index < -0.39 is 0 Å². The number of nitrogens with zero attached hydrogens (tertiary/aromatic N) is 4. The average molecular weight is 437 g/mol. The molecular weight excluding hydrogens is 404 g/mol. The summed E-state index contributed by atoms with van der Waals surface area (Å²) in [5.74, 6) is 1.81. The average Bonchev–Trinajstić information content (AvgIpc) is 3.23. The molecule has 170 valence electrons. The molecule has 2 aliphatic heterocycles. The third-order valence-electron chi connectivity index (χ3n) is 6.42. The van der Waals surface area contributed by atoms with Crippen LogP contribution in [0.3, 0.4) is 0 Å². The normalized spacial score (nSPS) is 19.8. The number of hydrogen-bond acceptors (Lipinski definition) is 6. The molecule has 0 aliphatic carbocycles. The number of cyclic esters (lactones) is 1. The van der Waals surface area contributed by atoms with Crippen molar-refractivity contribution in [3.63, 3.8) is 0 Å². The first-order valence-electron chi connectivity index (χ1n) is 11.6. The Bertz CT molecular complexity index is 1010. The molecule has 4 heterocycles. The van der Waals surface area contributed by atoms with E-state index in [1.165, 1.54) is 16.0 Å². The number of ether oxygens (including phenoxy) is 1. The molecule has 1 amide bonds. The first-order chi connectivity index (χ1) is 15.4. The molecule has 2 aliphatic rings. The van der Waals surface area contributed by atoms with Gasteiger partial charge in [-0.1, -0.05) is 12.5 Å². The Morgan fingerprint density at radius 3 is 2.38 bits per heavy atom. The van der Waals surface area contributed by atoms with Gasteiger partial charge in [0.1, 0.15) is 18.2 Å². The molecule has 2 aromatic rings. The van der Waals surface area contributed by atoms with E-state index in [0.717, 1.165) is 56.6 Å². The van der Waals surface area contributed by atoms with Crippen molar-refractivity contribution in [2.75, 3.05) is 36.0 Å². The molecule has 0 bridgehead atoms. The lowest BCUT2D eigenvalue weighted by atomic mass is 9.89. The summed E-state index contributed by atoms with van der Waals surface area (Å²) in [5, 5.41) is 0. The van der Waals surface area contributed by atoms with Crippen LogP contribution in [0.25, 0.3) is 0 Å². The van der Waals surface area contributed by atoms with Crippen molar-refractivity contribution in [3.05, 3.63) is 46.8 Å². The van der Waals surface area contributed by atoms with E-state index in [9.17, 15) is 9.59 Å². The number of ketones is 1. The Hall–Kier alpha value is -2.96. The van der Waals surface area contributed by atoms with E-state index in [0.29, 0.717) is 24.5 Å². The number of pyridine rings is 2. The Kier molecular flexibility index (Phi) is 6.72. The third kappa shape index (κ3) is 4.76. The van der Waals surface area contributed by atoms with Crippen molar-refractivity contribution in [2.45, 2.75) is 52.9 Å². The van der Waals surface area contributed by atoms with Crippen molar-refractivity contribution in [1.82, 2.24) is 9.97 Å². The van der Waals surface area contributed by atoms with Crippen LogP contribution in [0.1, 0.15) is 59.2 Å². The number of hydrogen-bond donors (Lipinski definition) is 0. The summed E-state index contributed by atoms with van der Waals surface area (Å²) in [6.07, 6.45) is 7.95. The number of anilines is 2. The van der Waals surface area contributed by atoms with Gasteiger partial charge in [0.15, 0.2) is 5.78 Å². The molecule has 2 aromatic heterocycles. The van der Waals surface area contributed by atoms with E-state index in [1.807, 2.05) is 19.2 Å². The van der Waals surface area contributed by atoms with E-state index >= 15 is 0 Å². The molecule has 7 nitrogen and oxygen atoms in total. The quantitative estimate of drug-likeness (QED) is 0.651. The zero-order chi connectivity index (χ0) is 22.7. The van der Waals surface area contributed by atoms with Crippen LogP contribution in [0.15, 0.2) is 24.5 Å². The SMILES string of the molecule is Cc1cnc(N2CCCCC(C(=O)c3cnc(N4CCOC4=O)c(C)c3)CCC2)c(C)c1. The zero-order valence-corrected chi connectivity index (χ0v) is 19.3. The Morgan fingerprint density at radius 2 is 1.66 bits per heavy atom. The number of aromatic nitrogens is 2. The van der Waals surface area contributed by atoms with Gasteiger partial charge in [0, 0.05) is 37.0 Å². The number of Topliss-reactive ketones (excluding diaryl/α,β-unsaturated/α-hetero) is 1. The van der Waals surface area contributed by atoms with Crippen LogP contribution in [0.2, 0.25) is 0 Å². The lowest BCUT2D eigenvalue weighted by molar-refractivity contribution is 0.0903. The van der Waals surface area contributed by atoms with Crippen LogP contribution in [0.5, 0.6) is 0 Å². The smallest absolute Gasteiger partial charge is 0.415 e. The summed E-state index contributed by atoms with van der Waals surface area (Å²) < 4.78 is 5.01. The van der Waals surface area contributed by atoms with Gasteiger partial charge in [0.05, 0.1) is 6.54 Å². The first-order valence-corrected chi connectivity index (χ1v) is 11.6. The van der Waals surface area contributed by atoms with Crippen LogP contribution in [-0.2, 0) is 4.74 Å². The van der Waals surface area contributed by atoms with Gasteiger partial charge in [-0.3, -0.25) is 9.69 Å². The standard InChI is InChI=1S/C25H32N4O3/c1-17-13-18(2)23(26-15-17)28-9-5-4-7-20(8-6-10-28)22(30)21-14-19(3)24(27-16-21)29-11-12-32-25(29)31/h13-16,20H,4-12H2,1-3H3. The van der Waals surface area contributed by atoms with Gasteiger partial charge in [-0.2, -0.15) is 0 Å². The van der Waals surface area contributed by atoms with Crippen LogP contribution in [-0.4, -0.2) is 48.1 Å². The van der Waals surface area contributed by atoms with Gasteiger partial charge >= 0.3 is 6.09 Å². The summed E-state index contributed by atoms with van der Waals surface area (Å²) >= 11 is 0. The number of aryl methyl sites for hydroxylation is 3. The summed E-state index contributed by atoms with van der Waals surface area (Å²) in [7, 11) is 0. The molecular formula is C25H32N4O3. The van der Waals surface area contributed by atoms with Crippen molar-refractivity contribution in [3.8, 4) is 0 Å². The number of carbonyl (C=O) groups excluding carboxylic acids is 2. The van der Waals surface area contributed by atoms with Gasteiger partial charge in [-0.25, -0.2) is 14.8 Å². The van der Waals surface area contributed by atoms with Gasteiger partial charge in [0.2, 0.25) is 0 Å². The van der Waals surface area contributed by atoms with E-state index in [2.05, 4.69) is 34.8 Å². The number of carbonyl (C=O) groups is 2. The topological polar surface area (TPSA) is 75.6 Å². The second-order valence-electron chi connectivity index (χ2n) is 8.97. The molecule has 0 radical (unpaired) electrons. The van der Waals surface area contributed by atoms with Crippen molar-refractivity contribution in [2.24, 2.45) is 5.92 Å². The van der Waals surface area contributed by atoms with Crippen LogP contribution < -0.4 is 9.80 Å². The molecule has 0 spiro atoms. The Balaban J connectivity index is 1.43. The van der Waals surface area contributed by atoms with Crippen LogP contribution >= 0.6 is 0 Å². The molecule has 0 aromatic carbocycles. The molecule has 0 saturated carbocycles. The third-order valence-corrected chi connectivity index (χ3v) is 6.42. The molecule has 32 heavy (non-hydrogen) atoms. The van der Waals surface area contributed by atoms with Crippen LogP contribution in [0, 0.1) is 26.7 Å². The van der Waals surface area contributed by atoms with Gasteiger partial charge in [-0.05, 0) is 69.2 Å². The first kappa shape index (κ1) is 22.2. The monoisotopic (exact) mass is 436 g/mol. The maximum Gasteiger partial charge on any atom is 0.415 e. The van der Waals surface area contributed by atoms with Gasteiger partial charge < -0.3 is 9.64 Å². The largest absolute Gasteiger partial charge is 0.447 e. The van der Waals surface area contributed by atoms with Crippen molar-refractivity contribution >= 4 is 23.5 Å². The highest BCUT2D eigenvalue weighted by Crippen LogP contribution is 2.27. The van der Waals surface area contributed by atoms with Crippen molar-refractivity contribution in [1.29, 1.82) is 0 Å². The fourth-order valence-electron chi connectivity index (χ4n) is 4.80. The zero-order valence-electron chi connectivity index (χ0n) is 19.3. The minimum atomic E-state index is -0.376. The predicted octanol–water partition coefficient (Wildman–Crippen LogP) is 4.63. The van der Waals surface area contributed by atoms with E-state index in [-0.39, 0.29) is 17.8 Å². The van der Waals surface area contributed by atoms with Gasteiger partial charge in [-0.15, -0.1) is 0 Å². The minimum absolute atomic E-state index is 0.00539. The maximum atomic E-state index is 13.3. The Morgan fingerprint density at radius 1 is 0.938 bits per heavy atom. The van der Waals surface area contributed by atoms with E-state index in [4.69, 9.17) is 4.74 Å². The summed E-state index contributed by atoms with van der Waals surface area (Å²) in [4.78, 5) is 38.2. The molecule has 0 N–H and O–H groups in total. The molecule has 1 unspecified atom stereocenters. The number of rotatable bonds is 4. The van der Waals surface area contributed by atoms with Gasteiger partial charge in [0.25, 0.3) is 0 Å². The molecule has 2 fully saturated rings. The van der Waals surface area contributed by atoms with Crippen LogP contribution in [0.4, 0.5) is 16.4 Å². The second-order valence-corrected chi connectivity index (χ2v) is 8.97. The highest BCUT2D eigenvalue weighted by atomic mass is 16.6. The highest BCUT2D eigenvalue weighted by Gasteiger charge is 2.28. The lowest BCUT2D eigenvalue weighted by Gasteiger charge is -2.25. The molecule has 2 saturated heterocycles. The minimum Gasteiger partial charge on any atom is -0.447 e. The second kappa shape index (κ2) is 9.67. The molecule has 1 atom stereocenters. The molecule has 7 heteroatoms.